The van der Waals surface area contributed by atoms with Gasteiger partial charge in [-0.2, -0.15) is 0 Å². The molecular formula is C35H39N3O4S. The lowest BCUT2D eigenvalue weighted by Gasteiger charge is -2.34. The third-order valence-corrected chi connectivity index (χ3v) is 9.13. The van der Waals surface area contributed by atoms with E-state index in [1.54, 1.807) is 30.3 Å². The predicted molar refractivity (Wildman–Crippen MR) is 171 cm³/mol. The molecule has 0 saturated carbocycles. The van der Waals surface area contributed by atoms with Gasteiger partial charge in [0, 0.05) is 19.0 Å². The van der Waals surface area contributed by atoms with Crippen molar-refractivity contribution >= 4 is 27.5 Å². The van der Waals surface area contributed by atoms with E-state index in [4.69, 9.17) is 0 Å². The molecule has 0 radical (unpaired) electrons. The number of carbonyl (C=O) groups excluding carboxylic acids is 2. The third-order valence-electron chi connectivity index (χ3n) is 7.35. The molecule has 4 rings (SSSR count). The van der Waals surface area contributed by atoms with Crippen molar-refractivity contribution in [3.05, 3.63) is 131 Å². The van der Waals surface area contributed by atoms with E-state index in [-0.39, 0.29) is 29.8 Å². The first-order valence-corrected chi connectivity index (χ1v) is 15.8. The van der Waals surface area contributed by atoms with Gasteiger partial charge >= 0.3 is 0 Å². The normalized spacial score (nSPS) is 12.0. The summed E-state index contributed by atoms with van der Waals surface area (Å²) in [6.07, 6.45) is 0.271. The van der Waals surface area contributed by atoms with Crippen molar-refractivity contribution in [1.29, 1.82) is 0 Å². The van der Waals surface area contributed by atoms with Gasteiger partial charge in [0.2, 0.25) is 11.8 Å². The van der Waals surface area contributed by atoms with Crippen LogP contribution in [0, 0.1) is 13.8 Å². The van der Waals surface area contributed by atoms with Gasteiger partial charge < -0.3 is 10.2 Å². The topological polar surface area (TPSA) is 86.8 Å². The highest BCUT2D eigenvalue weighted by Crippen LogP contribution is 2.29. The number of nitrogens with one attached hydrogen (secondary N) is 1. The predicted octanol–water partition coefficient (Wildman–Crippen LogP) is 5.66. The monoisotopic (exact) mass is 597 g/mol. The summed E-state index contributed by atoms with van der Waals surface area (Å²) < 4.78 is 29.4. The van der Waals surface area contributed by atoms with Gasteiger partial charge in [0.05, 0.1) is 10.6 Å². The molecule has 1 atom stereocenters. The molecule has 7 nitrogen and oxygen atoms in total. The van der Waals surface area contributed by atoms with Crippen LogP contribution >= 0.6 is 0 Å². The maximum atomic E-state index is 14.5. The highest BCUT2D eigenvalue weighted by Gasteiger charge is 2.35. The smallest absolute Gasteiger partial charge is 0.264 e. The lowest BCUT2D eigenvalue weighted by atomic mass is 10.0. The first kappa shape index (κ1) is 31.5. The van der Waals surface area contributed by atoms with Crippen molar-refractivity contribution in [3.8, 4) is 0 Å². The van der Waals surface area contributed by atoms with Gasteiger partial charge in [-0.1, -0.05) is 91.0 Å². The van der Waals surface area contributed by atoms with Gasteiger partial charge in [0.25, 0.3) is 10.0 Å². The summed E-state index contributed by atoms with van der Waals surface area (Å²) in [6, 6.07) is 31.4. The Morgan fingerprint density at radius 3 is 1.88 bits per heavy atom. The molecule has 4 aromatic rings. The summed E-state index contributed by atoms with van der Waals surface area (Å²) in [5.74, 6) is -0.781. The molecule has 224 valence electrons. The molecule has 43 heavy (non-hydrogen) atoms. The maximum Gasteiger partial charge on any atom is 0.264 e. The molecule has 0 aliphatic heterocycles. The van der Waals surface area contributed by atoms with E-state index >= 15 is 0 Å². The number of rotatable bonds is 12. The second-order valence-corrected chi connectivity index (χ2v) is 12.8. The van der Waals surface area contributed by atoms with Gasteiger partial charge in [-0.15, -0.1) is 0 Å². The first-order chi connectivity index (χ1) is 20.6. The third kappa shape index (κ3) is 7.90. The van der Waals surface area contributed by atoms with Gasteiger partial charge in [0.15, 0.2) is 0 Å². The maximum absolute atomic E-state index is 14.5. The van der Waals surface area contributed by atoms with Crippen molar-refractivity contribution in [3.63, 3.8) is 0 Å². The minimum atomic E-state index is -4.13. The van der Waals surface area contributed by atoms with Crippen LogP contribution in [0.2, 0.25) is 0 Å². The molecule has 8 heteroatoms. The fourth-order valence-electron chi connectivity index (χ4n) is 4.95. The van der Waals surface area contributed by atoms with Crippen LogP contribution < -0.4 is 9.62 Å². The fourth-order valence-corrected chi connectivity index (χ4v) is 6.45. The number of benzene rings is 4. The van der Waals surface area contributed by atoms with Crippen LogP contribution in [0.4, 0.5) is 5.69 Å². The zero-order chi connectivity index (χ0) is 31.0. The number of hydrogen-bond donors (Lipinski definition) is 1. The number of anilines is 1. The highest BCUT2D eigenvalue weighted by molar-refractivity contribution is 7.92. The van der Waals surface area contributed by atoms with E-state index in [2.05, 4.69) is 5.32 Å². The van der Waals surface area contributed by atoms with Crippen LogP contribution in [0.5, 0.6) is 0 Å². The van der Waals surface area contributed by atoms with Gasteiger partial charge in [0.1, 0.15) is 12.6 Å². The molecule has 0 aliphatic rings. The van der Waals surface area contributed by atoms with Crippen LogP contribution in [0.25, 0.3) is 0 Å². The van der Waals surface area contributed by atoms with E-state index in [0.29, 0.717) is 5.69 Å². The quantitative estimate of drug-likeness (QED) is 0.228. The number of nitrogens with zero attached hydrogens (tertiary/aromatic N) is 2. The molecule has 4 aromatic carbocycles. The molecular weight excluding hydrogens is 558 g/mol. The Hall–Kier alpha value is -4.43. The second kappa shape index (κ2) is 14.2. The Morgan fingerprint density at radius 2 is 1.30 bits per heavy atom. The molecule has 0 heterocycles. The number of amides is 2. The van der Waals surface area contributed by atoms with Crippen molar-refractivity contribution < 1.29 is 18.0 Å². The summed E-state index contributed by atoms with van der Waals surface area (Å²) >= 11 is 0. The van der Waals surface area contributed by atoms with E-state index in [1.165, 1.54) is 21.3 Å². The summed E-state index contributed by atoms with van der Waals surface area (Å²) in [5, 5.41) is 2.98. The average molecular weight is 598 g/mol. The largest absolute Gasteiger partial charge is 0.352 e. The van der Waals surface area contributed by atoms with Crippen LogP contribution in [-0.4, -0.2) is 43.8 Å². The summed E-state index contributed by atoms with van der Waals surface area (Å²) in [7, 11) is -4.13. The van der Waals surface area contributed by atoms with E-state index in [0.717, 1.165) is 22.3 Å². The van der Waals surface area contributed by atoms with Crippen molar-refractivity contribution in [2.24, 2.45) is 0 Å². The van der Waals surface area contributed by atoms with E-state index in [9.17, 15) is 18.0 Å². The number of aryl methyl sites for hydroxylation is 1. The Kier molecular flexibility index (Phi) is 10.4. The number of sulfonamides is 1. The summed E-state index contributed by atoms with van der Waals surface area (Å²) in [6.45, 7) is 7.15. The Labute approximate surface area is 255 Å². The lowest BCUT2D eigenvalue weighted by molar-refractivity contribution is -0.140. The molecule has 0 bridgehead atoms. The molecule has 1 N–H and O–H groups in total. The van der Waals surface area contributed by atoms with Crippen LogP contribution in [0.15, 0.2) is 114 Å². The second-order valence-electron chi connectivity index (χ2n) is 10.9. The summed E-state index contributed by atoms with van der Waals surface area (Å²) in [5.41, 5.74) is 3.79. The first-order valence-electron chi connectivity index (χ1n) is 14.4. The van der Waals surface area contributed by atoms with Crippen LogP contribution in [0.1, 0.15) is 36.1 Å². The molecule has 0 spiro atoms. The zero-order valence-electron chi connectivity index (χ0n) is 25.1. The summed E-state index contributed by atoms with van der Waals surface area (Å²) in [4.78, 5) is 29.8. The standard InChI is InChI=1S/C35H39N3O4S/c1-26(2)36-35(40)33(23-29-16-8-5-9-17-29)37(24-30-18-10-6-11-19-30)34(39)25-38(32-22-14-15-27(3)28(32)4)43(41,42)31-20-12-7-13-21-31/h5-22,26,33H,23-25H2,1-4H3,(H,36,40)/t33-/m0/s1. The number of carbonyl (C=O) groups is 2. The van der Waals surface area contributed by atoms with E-state index in [1.807, 2.05) is 94.4 Å². The molecule has 2 amide bonds. The number of hydrogen-bond acceptors (Lipinski definition) is 4. The van der Waals surface area contributed by atoms with Gasteiger partial charge in [-0.05, 0) is 68.1 Å². The van der Waals surface area contributed by atoms with Crippen molar-refractivity contribution in [1.82, 2.24) is 10.2 Å². The molecule has 0 unspecified atom stereocenters. The Bertz CT molecular complexity index is 1630. The zero-order valence-corrected chi connectivity index (χ0v) is 25.9. The van der Waals surface area contributed by atoms with Gasteiger partial charge in [-0.3, -0.25) is 13.9 Å². The lowest BCUT2D eigenvalue weighted by Crippen LogP contribution is -2.54. The van der Waals surface area contributed by atoms with Crippen LogP contribution in [-0.2, 0) is 32.6 Å². The van der Waals surface area contributed by atoms with Crippen molar-refractivity contribution in [2.45, 2.75) is 57.6 Å². The minimum Gasteiger partial charge on any atom is -0.352 e. The molecule has 0 fully saturated rings. The van der Waals surface area contributed by atoms with E-state index < -0.39 is 28.5 Å². The molecule has 0 aliphatic carbocycles. The molecule has 0 saturated heterocycles. The fraction of sp³-hybridized carbons (Fsp3) is 0.257. The van der Waals surface area contributed by atoms with Gasteiger partial charge in [-0.25, -0.2) is 8.42 Å². The Balaban J connectivity index is 1.82. The highest BCUT2D eigenvalue weighted by atomic mass is 32.2. The van der Waals surface area contributed by atoms with Crippen LogP contribution in [0.3, 0.4) is 0 Å². The SMILES string of the molecule is Cc1cccc(N(CC(=O)N(Cc2ccccc2)[C@@H](Cc2ccccc2)C(=O)NC(C)C)S(=O)(=O)c2ccccc2)c1C. The minimum absolute atomic E-state index is 0.0803. The average Bonchev–Trinajstić information content (AvgIpc) is 3.00. The van der Waals surface area contributed by atoms with Crippen molar-refractivity contribution in [2.75, 3.05) is 10.8 Å². The molecule has 0 aromatic heterocycles. The Morgan fingerprint density at radius 1 is 0.744 bits per heavy atom.